The number of hydrogen-bond acceptors (Lipinski definition) is 14. The number of halogens is 4. The third-order valence-electron chi connectivity index (χ3n) is 15.4. The number of rotatable bonds is 33. The molecule has 0 aromatic heterocycles. The zero-order chi connectivity index (χ0) is 61.0. The fourth-order valence-corrected chi connectivity index (χ4v) is 14.3. The van der Waals surface area contributed by atoms with Gasteiger partial charge in [0.2, 0.25) is 0 Å². The number of carbonyl (C=O) groups is 2. The Kier molecular flexibility index (Phi) is 27.6. The maximum absolute atomic E-state index is 13.2. The van der Waals surface area contributed by atoms with Crippen LogP contribution in [-0.4, -0.2) is 172 Å². The summed E-state index contributed by atoms with van der Waals surface area (Å²) >= 11 is 26.2. The molecule has 0 bridgehead atoms. The molecule has 8 rings (SSSR count). The highest BCUT2D eigenvalue weighted by atomic mass is 35.5. The van der Waals surface area contributed by atoms with E-state index in [2.05, 4.69) is 40.5 Å². The number of carbonyl (C=O) groups excluding carboxylic acids is 2. The zero-order valence-corrected chi connectivity index (χ0v) is 53.6. The Morgan fingerprint density at radius 3 is 1.34 bits per heavy atom. The minimum Gasteiger partial charge on any atom is -0.484 e. The number of likely N-dealkylation sites (tertiary alicyclic amines) is 2. The Balaban J connectivity index is 0.581. The maximum atomic E-state index is 13.2. The third kappa shape index (κ3) is 20.8. The van der Waals surface area contributed by atoms with Gasteiger partial charge in [0.1, 0.15) is 45.7 Å². The highest BCUT2D eigenvalue weighted by Crippen LogP contribution is 2.45. The van der Waals surface area contributed by atoms with Crippen molar-refractivity contribution in [1.29, 1.82) is 0 Å². The first-order valence-electron chi connectivity index (χ1n) is 29.8. The van der Waals surface area contributed by atoms with Crippen LogP contribution in [0.4, 0.5) is 9.59 Å². The Morgan fingerprint density at radius 1 is 0.558 bits per heavy atom. The number of nitrogens with two attached hydrogens (primary N) is 2. The first kappa shape index (κ1) is 68.0. The van der Waals surface area contributed by atoms with Gasteiger partial charge >= 0.3 is 12.1 Å². The van der Waals surface area contributed by atoms with Crippen molar-refractivity contribution in [3.8, 4) is 11.5 Å². The number of urea groups is 2. The van der Waals surface area contributed by atoms with Crippen molar-refractivity contribution in [3.63, 3.8) is 0 Å². The highest BCUT2D eigenvalue weighted by molar-refractivity contribution is 7.83. The van der Waals surface area contributed by atoms with Gasteiger partial charge in [0.25, 0.3) is 0 Å². The molecule has 474 valence electrons. The molecule has 4 aliphatic rings. The molecule has 0 radical (unpaired) electrons. The molecule has 4 aromatic rings. The van der Waals surface area contributed by atoms with Gasteiger partial charge in [0, 0.05) is 94.7 Å². The number of amides is 4. The fourth-order valence-electron chi connectivity index (χ4n) is 11.2. The van der Waals surface area contributed by atoms with E-state index in [-0.39, 0.29) is 60.5 Å². The van der Waals surface area contributed by atoms with E-state index in [9.17, 15) is 18.0 Å². The number of ether oxygens (including phenoxy) is 6. The molecule has 2 heterocycles. The van der Waals surface area contributed by atoms with Crippen molar-refractivity contribution >= 4 is 80.4 Å². The van der Waals surface area contributed by atoms with Crippen LogP contribution in [0.5, 0.6) is 11.5 Å². The van der Waals surface area contributed by atoms with E-state index < -0.39 is 22.0 Å². The average Bonchev–Trinajstić information content (AvgIpc) is 2.27. The van der Waals surface area contributed by atoms with Crippen molar-refractivity contribution < 1.29 is 46.4 Å². The molecule has 86 heavy (non-hydrogen) atoms. The summed E-state index contributed by atoms with van der Waals surface area (Å²) in [6.07, 6.45) is 6.38. The Bertz CT molecular complexity index is 2670. The van der Waals surface area contributed by atoms with Gasteiger partial charge in [-0.3, -0.25) is 9.80 Å². The monoisotopic (exact) mass is 1310 g/mol. The summed E-state index contributed by atoms with van der Waals surface area (Å²) in [4.78, 5) is 30.4. The lowest BCUT2D eigenvalue weighted by Gasteiger charge is -2.38. The molecule has 20 nitrogen and oxygen atoms in total. The van der Waals surface area contributed by atoms with Gasteiger partial charge < -0.3 is 61.2 Å². The molecule has 3 unspecified atom stereocenters. The number of piperidine rings is 2. The van der Waals surface area contributed by atoms with Crippen LogP contribution in [0, 0.1) is 0 Å². The predicted octanol–water partition coefficient (Wildman–Crippen LogP) is 7.38. The number of fused-ring (bicyclic) bond motifs is 2. The van der Waals surface area contributed by atoms with Crippen LogP contribution in [-0.2, 0) is 53.8 Å². The smallest absolute Gasteiger partial charge is 0.314 e. The lowest BCUT2D eigenvalue weighted by molar-refractivity contribution is 0.0444. The Morgan fingerprint density at radius 2 is 0.942 bits per heavy atom. The van der Waals surface area contributed by atoms with Gasteiger partial charge in [-0.25, -0.2) is 27.5 Å². The van der Waals surface area contributed by atoms with E-state index in [0.29, 0.717) is 133 Å². The first-order valence-corrected chi connectivity index (χ1v) is 33.6. The molecule has 4 aromatic carbocycles. The van der Waals surface area contributed by atoms with Gasteiger partial charge in [0.15, 0.2) is 0 Å². The summed E-state index contributed by atoms with van der Waals surface area (Å²) < 4.78 is 68.4. The van der Waals surface area contributed by atoms with Crippen LogP contribution < -0.4 is 51.7 Å². The minimum atomic E-state index is -1.48. The standard InChI is InChI=1S/C60H84Cl4N10O10S2/c1-39(71-85(77)47-13-9-45(10-14-47)83-57-51-29-41(61)31-53(63)49(51)33-55(57)73-21-5-7-43(65)35-73)37-81-27-25-79-23-19-69-59(75)67-17-3-4-18-68-60(76)70-20-24-80-26-28-82-38-40(2)72-86(78)48-15-11-46(12-16-48)84-58-52-30-42(62)32-54(64)50(52)34-56(58)74-22-6-8-44(66)36-74/h9-16,29-32,39-40,43-44,55-58,71-72H,3-8,17-28,33-38,65-66H2,1-2H3,(H2,67,69,75)(H2,68,70,76)/t39-,40-,43+,44+,55-,56-,57-,58?,85?,86?/m0/s1. The van der Waals surface area contributed by atoms with E-state index >= 15 is 0 Å². The molecule has 10 atom stereocenters. The lowest BCUT2D eigenvalue weighted by atomic mass is 10.0. The SMILES string of the molecule is C[C@@H](COCCOCCNC(=O)NCCCCNC(=O)NCCOCCOC[C@H](C)NS(=O)c1ccc(O[C@H]2c3cc(Cl)cc(Cl)c3C[C@@H]2N2CCC[C@@H](N)C2)cc1)NS(=O)c1ccc(OC2c3cc(Cl)cc(Cl)c3C[C@@H]2N2CCC[C@@H](N)C2)cc1. The summed E-state index contributed by atoms with van der Waals surface area (Å²) in [7, 11) is -2.95. The summed E-state index contributed by atoms with van der Waals surface area (Å²) in [5, 5.41) is 13.5. The summed E-state index contributed by atoms with van der Waals surface area (Å²) in [5.41, 5.74) is 16.8. The van der Waals surface area contributed by atoms with E-state index in [1.165, 1.54) is 0 Å². The normalized spacial score (nSPS) is 21.9. The van der Waals surface area contributed by atoms with Crippen LogP contribution in [0.3, 0.4) is 0 Å². The van der Waals surface area contributed by atoms with Gasteiger partial charge in [0.05, 0.1) is 74.7 Å². The second-order valence-corrected chi connectivity index (χ2v) is 26.5. The van der Waals surface area contributed by atoms with Crippen molar-refractivity contribution in [2.24, 2.45) is 11.5 Å². The molecule has 2 aliphatic heterocycles. The largest absolute Gasteiger partial charge is 0.484 e. The fraction of sp³-hybridized carbons (Fsp3) is 0.567. The van der Waals surface area contributed by atoms with E-state index in [1.807, 2.05) is 50.2 Å². The van der Waals surface area contributed by atoms with Crippen LogP contribution in [0.2, 0.25) is 20.1 Å². The van der Waals surface area contributed by atoms with Crippen LogP contribution in [0.15, 0.2) is 82.6 Å². The Labute approximate surface area is 530 Å². The average molecular weight is 1310 g/mol. The van der Waals surface area contributed by atoms with Gasteiger partial charge in [-0.2, -0.15) is 0 Å². The molecule has 0 spiro atoms. The quantitative estimate of drug-likeness (QED) is 0.0217. The summed E-state index contributed by atoms with van der Waals surface area (Å²) in [5.74, 6) is 1.31. The number of benzene rings is 4. The molecule has 0 saturated carbocycles. The van der Waals surface area contributed by atoms with Crippen molar-refractivity contribution in [3.05, 3.63) is 115 Å². The van der Waals surface area contributed by atoms with E-state index in [4.69, 9.17) is 86.3 Å². The van der Waals surface area contributed by atoms with Gasteiger partial charge in [-0.15, -0.1) is 0 Å². The van der Waals surface area contributed by atoms with E-state index in [0.717, 1.165) is 87.0 Å². The maximum Gasteiger partial charge on any atom is 0.314 e. The van der Waals surface area contributed by atoms with Crippen molar-refractivity contribution in [2.45, 2.75) is 123 Å². The Hall–Kier alpha value is -3.92. The number of nitrogens with zero attached hydrogens (tertiary/aromatic N) is 2. The predicted molar refractivity (Wildman–Crippen MR) is 338 cm³/mol. The number of hydrogen-bond donors (Lipinski definition) is 8. The molecule has 2 saturated heterocycles. The van der Waals surface area contributed by atoms with Crippen LogP contribution >= 0.6 is 46.4 Å². The first-order chi connectivity index (χ1) is 41.6. The second-order valence-electron chi connectivity index (χ2n) is 22.3. The second kappa shape index (κ2) is 34.9. The zero-order valence-electron chi connectivity index (χ0n) is 49.0. The van der Waals surface area contributed by atoms with Gasteiger partial charge in [-0.1, -0.05) is 46.4 Å². The highest BCUT2D eigenvalue weighted by Gasteiger charge is 2.42. The van der Waals surface area contributed by atoms with Crippen molar-refractivity contribution in [1.82, 2.24) is 40.5 Å². The molecular formula is C60H84Cl4N10O10S2. The molecule has 2 fully saturated rings. The third-order valence-corrected chi connectivity index (χ3v) is 19.1. The molecule has 2 aliphatic carbocycles. The minimum absolute atomic E-state index is 0.0691. The van der Waals surface area contributed by atoms with E-state index in [1.54, 1.807) is 36.4 Å². The molecular weight excluding hydrogens is 1230 g/mol. The lowest BCUT2D eigenvalue weighted by Crippen LogP contribution is -2.49. The number of nitrogens with one attached hydrogen (secondary N) is 6. The van der Waals surface area contributed by atoms with Crippen molar-refractivity contribution in [2.75, 3.05) is 105 Å². The topological polar surface area (TPSA) is 254 Å². The number of unbranched alkanes of at least 4 members (excludes halogenated alkanes) is 1. The molecule has 10 N–H and O–H groups in total. The summed E-state index contributed by atoms with van der Waals surface area (Å²) in [6, 6.07) is 21.3. The summed E-state index contributed by atoms with van der Waals surface area (Å²) in [6.45, 7) is 11.4. The molecule has 26 heteroatoms. The molecule has 4 amide bonds. The van der Waals surface area contributed by atoms with Gasteiger partial charge in [-0.05, 0) is 162 Å². The van der Waals surface area contributed by atoms with Crippen LogP contribution in [0.1, 0.15) is 86.8 Å². The van der Waals surface area contributed by atoms with Crippen LogP contribution in [0.25, 0.3) is 0 Å².